The molecule has 0 saturated carbocycles. The second kappa shape index (κ2) is 6.63. The number of nitrogens with one attached hydrogen (secondary N) is 1. The first-order valence-electron chi connectivity index (χ1n) is 6.31. The third kappa shape index (κ3) is 3.52. The van der Waals surface area contributed by atoms with Gasteiger partial charge in [-0.1, -0.05) is 49.6 Å². The summed E-state index contributed by atoms with van der Waals surface area (Å²) in [5.74, 6) is 0.646. The van der Waals surface area contributed by atoms with E-state index >= 15 is 0 Å². The van der Waals surface area contributed by atoms with Crippen molar-refractivity contribution < 1.29 is 5.11 Å². The highest BCUT2D eigenvalue weighted by atomic mass is 16.3. The van der Waals surface area contributed by atoms with Gasteiger partial charge in [-0.05, 0) is 11.1 Å². The van der Waals surface area contributed by atoms with E-state index in [0.29, 0.717) is 18.1 Å². The molecule has 2 N–H and O–H groups in total. The van der Waals surface area contributed by atoms with E-state index in [1.165, 1.54) is 6.33 Å². The molecule has 0 aliphatic rings. The lowest BCUT2D eigenvalue weighted by atomic mass is 10.1. The lowest BCUT2D eigenvalue weighted by Gasteiger charge is -2.12. The molecule has 0 aliphatic heterocycles. The fraction of sp³-hybridized carbons (Fsp3) is 0.125. The summed E-state index contributed by atoms with van der Waals surface area (Å²) in [4.78, 5) is 8.22. The van der Waals surface area contributed by atoms with E-state index in [-0.39, 0.29) is 0 Å². The van der Waals surface area contributed by atoms with Crippen LogP contribution in [0.5, 0.6) is 0 Å². The Labute approximate surface area is 118 Å². The lowest BCUT2D eigenvalue weighted by Crippen LogP contribution is -2.13. The molecule has 4 heteroatoms. The zero-order chi connectivity index (χ0) is 14.4. The smallest absolute Gasteiger partial charge is 0.130 e. The number of aliphatic hydroxyl groups is 1. The first-order valence-corrected chi connectivity index (χ1v) is 6.31. The molecule has 0 unspecified atom stereocenters. The molecular weight excluding hydrogens is 250 g/mol. The number of rotatable bonds is 6. The Kier molecular flexibility index (Phi) is 4.63. The molecule has 1 atom stereocenters. The lowest BCUT2D eigenvalue weighted by molar-refractivity contribution is 0.191. The molecule has 0 radical (unpaired) electrons. The quantitative estimate of drug-likeness (QED) is 0.790. The van der Waals surface area contributed by atoms with Crippen molar-refractivity contribution in [1.82, 2.24) is 9.97 Å². The van der Waals surface area contributed by atoms with Crippen LogP contribution in [-0.2, 0) is 0 Å². The zero-order valence-electron chi connectivity index (χ0n) is 11.2. The minimum absolute atomic E-state index is 0.376. The van der Waals surface area contributed by atoms with Gasteiger partial charge < -0.3 is 10.4 Å². The first kappa shape index (κ1) is 14.0. The summed E-state index contributed by atoms with van der Waals surface area (Å²) >= 11 is 0. The van der Waals surface area contributed by atoms with Crippen molar-refractivity contribution in [2.45, 2.75) is 6.10 Å². The number of hydrogen-bond acceptors (Lipinski definition) is 4. The summed E-state index contributed by atoms with van der Waals surface area (Å²) < 4.78 is 0. The highest BCUT2D eigenvalue weighted by molar-refractivity contribution is 5.70. The normalized spacial score (nSPS) is 11.7. The van der Waals surface area contributed by atoms with Crippen LogP contribution in [0.1, 0.15) is 17.4 Å². The predicted molar refractivity (Wildman–Crippen MR) is 81.2 cm³/mol. The average molecular weight is 267 g/mol. The molecule has 0 aliphatic carbocycles. The Balaban J connectivity index is 2.01. The molecule has 0 spiro atoms. The summed E-state index contributed by atoms with van der Waals surface area (Å²) in [7, 11) is 0. The standard InChI is InChI=1S/C16H17N3O/c1-3-12(2)14-9-16(19-11-18-14)17-10-15(20)13-7-5-4-6-8-13/h3-9,11,15,20H,1-2,10H2,(H,17,18,19)/t15-/m0/s1. The van der Waals surface area contributed by atoms with E-state index in [1.807, 2.05) is 30.3 Å². The number of allylic oxidation sites excluding steroid dienone is 2. The zero-order valence-corrected chi connectivity index (χ0v) is 11.2. The van der Waals surface area contributed by atoms with Crippen molar-refractivity contribution in [2.75, 3.05) is 11.9 Å². The van der Waals surface area contributed by atoms with Gasteiger partial charge in [-0.15, -0.1) is 0 Å². The van der Waals surface area contributed by atoms with Gasteiger partial charge in [0.25, 0.3) is 0 Å². The van der Waals surface area contributed by atoms with E-state index in [9.17, 15) is 5.11 Å². The van der Waals surface area contributed by atoms with Gasteiger partial charge in [-0.25, -0.2) is 9.97 Å². The summed E-state index contributed by atoms with van der Waals surface area (Å²) in [5, 5.41) is 13.2. The predicted octanol–water partition coefficient (Wildman–Crippen LogP) is 2.82. The number of hydrogen-bond donors (Lipinski definition) is 2. The van der Waals surface area contributed by atoms with Crippen molar-refractivity contribution in [2.24, 2.45) is 0 Å². The molecule has 1 heterocycles. The molecule has 0 saturated heterocycles. The first-order chi connectivity index (χ1) is 9.70. The van der Waals surface area contributed by atoms with Crippen LogP contribution in [-0.4, -0.2) is 21.6 Å². The van der Waals surface area contributed by atoms with Crippen LogP contribution in [0.2, 0.25) is 0 Å². The van der Waals surface area contributed by atoms with Crippen LogP contribution in [0, 0.1) is 0 Å². The van der Waals surface area contributed by atoms with Crippen LogP contribution in [0.25, 0.3) is 5.57 Å². The Morgan fingerprint density at radius 3 is 2.75 bits per heavy atom. The van der Waals surface area contributed by atoms with E-state index < -0.39 is 6.10 Å². The van der Waals surface area contributed by atoms with Gasteiger partial charge in [0.15, 0.2) is 0 Å². The Bertz CT molecular complexity index is 596. The largest absolute Gasteiger partial charge is 0.387 e. The molecule has 4 nitrogen and oxygen atoms in total. The van der Waals surface area contributed by atoms with Crippen molar-refractivity contribution in [3.63, 3.8) is 0 Å². The minimum atomic E-state index is -0.586. The van der Waals surface area contributed by atoms with Gasteiger partial charge in [-0.2, -0.15) is 0 Å². The van der Waals surface area contributed by atoms with Gasteiger partial charge in [0, 0.05) is 12.6 Å². The van der Waals surface area contributed by atoms with E-state index in [2.05, 4.69) is 28.4 Å². The third-order valence-corrected chi connectivity index (χ3v) is 2.90. The van der Waals surface area contributed by atoms with Crippen LogP contribution in [0.3, 0.4) is 0 Å². The number of anilines is 1. The van der Waals surface area contributed by atoms with Gasteiger partial charge in [0.1, 0.15) is 12.1 Å². The SMILES string of the molecule is C=CC(=C)c1cc(NC[C@H](O)c2ccccc2)ncn1. The Morgan fingerprint density at radius 1 is 1.30 bits per heavy atom. The van der Waals surface area contributed by atoms with Crippen molar-refractivity contribution in [1.29, 1.82) is 0 Å². The topological polar surface area (TPSA) is 58.0 Å². The second-order valence-electron chi connectivity index (χ2n) is 4.33. The van der Waals surface area contributed by atoms with Crippen molar-refractivity contribution in [3.8, 4) is 0 Å². The fourth-order valence-electron chi connectivity index (χ4n) is 1.73. The molecule has 20 heavy (non-hydrogen) atoms. The number of benzene rings is 1. The maximum absolute atomic E-state index is 10.1. The van der Waals surface area contributed by atoms with Crippen molar-refractivity contribution >= 4 is 11.4 Å². The fourth-order valence-corrected chi connectivity index (χ4v) is 1.73. The molecule has 0 fully saturated rings. The maximum Gasteiger partial charge on any atom is 0.130 e. The highest BCUT2D eigenvalue weighted by Crippen LogP contribution is 2.15. The van der Waals surface area contributed by atoms with Crippen LogP contribution in [0.15, 0.2) is 62.0 Å². The van der Waals surface area contributed by atoms with Gasteiger partial charge in [-0.3, -0.25) is 0 Å². The second-order valence-corrected chi connectivity index (χ2v) is 4.33. The summed E-state index contributed by atoms with van der Waals surface area (Å²) in [6.07, 6.45) is 2.52. The monoisotopic (exact) mass is 267 g/mol. The molecule has 0 bridgehead atoms. The summed E-state index contributed by atoms with van der Waals surface area (Å²) in [6, 6.07) is 11.3. The van der Waals surface area contributed by atoms with Gasteiger partial charge in [0.05, 0.1) is 11.8 Å². The number of aromatic nitrogens is 2. The Hall–Kier alpha value is -2.46. The van der Waals surface area contributed by atoms with Crippen molar-refractivity contribution in [3.05, 3.63) is 73.2 Å². The van der Waals surface area contributed by atoms with Crippen LogP contribution in [0.4, 0.5) is 5.82 Å². The summed E-state index contributed by atoms with van der Waals surface area (Å²) in [5.41, 5.74) is 2.32. The third-order valence-electron chi connectivity index (χ3n) is 2.90. The average Bonchev–Trinajstić information content (AvgIpc) is 2.53. The molecule has 2 rings (SSSR count). The van der Waals surface area contributed by atoms with Crippen LogP contribution >= 0.6 is 0 Å². The minimum Gasteiger partial charge on any atom is -0.387 e. The number of aliphatic hydroxyl groups excluding tert-OH is 1. The van der Waals surface area contributed by atoms with E-state index in [4.69, 9.17) is 0 Å². The molecule has 2 aromatic rings. The maximum atomic E-state index is 10.1. The Morgan fingerprint density at radius 2 is 2.05 bits per heavy atom. The molecule has 0 amide bonds. The molecular formula is C16H17N3O. The highest BCUT2D eigenvalue weighted by Gasteiger charge is 2.07. The van der Waals surface area contributed by atoms with Gasteiger partial charge in [0.2, 0.25) is 0 Å². The van der Waals surface area contributed by atoms with E-state index in [1.54, 1.807) is 12.1 Å². The van der Waals surface area contributed by atoms with E-state index in [0.717, 1.165) is 11.1 Å². The molecule has 102 valence electrons. The van der Waals surface area contributed by atoms with Crippen LogP contribution < -0.4 is 5.32 Å². The van der Waals surface area contributed by atoms with Gasteiger partial charge >= 0.3 is 0 Å². The number of nitrogens with zero attached hydrogens (tertiary/aromatic N) is 2. The molecule has 1 aromatic heterocycles. The summed E-state index contributed by atoms with van der Waals surface area (Å²) in [6.45, 7) is 7.88. The molecule has 1 aromatic carbocycles.